The van der Waals surface area contributed by atoms with Crippen LogP contribution in [0.15, 0.2) is 5.11 Å². The van der Waals surface area contributed by atoms with Crippen LogP contribution in [0.25, 0.3) is 10.4 Å². The average Bonchev–Trinajstić information content (AvgIpc) is 2.27. The second-order valence-electron chi connectivity index (χ2n) is 3.69. The zero-order valence-corrected chi connectivity index (χ0v) is 8.93. The first-order valence-corrected chi connectivity index (χ1v) is 5.05. The van der Waals surface area contributed by atoms with Crippen molar-refractivity contribution < 1.29 is 9.53 Å². The van der Waals surface area contributed by atoms with Crippen LogP contribution in [0, 0.1) is 5.92 Å². The topological polar surface area (TPSA) is 78.3 Å². The summed E-state index contributed by atoms with van der Waals surface area (Å²) in [5, 5.41) is 3.28. The van der Waals surface area contributed by atoms with E-state index in [-0.39, 0.29) is 12.5 Å². The normalized spacial score (nSPS) is 20.9. The molecule has 1 saturated heterocycles. The van der Waals surface area contributed by atoms with Gasteiger partial charge in [-0.2, -0.15) is 0 Å². The number of carbonyl (C=O) groups is 1. The minimum atomic E-state index is -0.0893. The first-order chi connectivity index (χ1) is 7.27. The van der Waals surface area contributed by atoms with Gasteiger partial charge in [0.25, 0.3) is 0 Å². The summed E-state index contributed by atoms with van der Waals surface area (Å²) in [5.41, 5.74) is 8.12. The summed E-state index contributed by atoms with van der Waals surface area (Å²) in [5.74, 6) is 0.326. The number of rotatable bonds is 4. The van der Waals surface area contributed by atoms with Crippen molar-refractivity contribution in [3.8, 4) is 0 Å². The molecule has 6 heteroatoms. The van der Waals surface area contributed by atoms with Crippen LogP contribution in [-0.4, -0.2) is 44.2 Å². The predicted octanol–water partition coefficient (Wildman–Crippen LogP) is 1.18. The third-order valence-corrected chi connectivity index (χ3v) is 2.54. The zero-order valence-electron chi connectivity index (χ0n) is 8.93. The number of piperidine rings is 1. The van der Waals surface area contributed by atoms with E-state index in [2.05, 4.69) is 10.0 Å². The summed E-state index contributed by atoms with van der Waals surface area (Å²) in [7, 11) is 1.67. The van der Waals surface area contributed by atoms with Crippen LogP contribution in [0.3, 0.4) is 0 Å². The summed E-state index contributed by atoms with van der Waals surface area (Å²) in [6.07, 6.45) is 2.09. The van der Waals surface area contributed by atoms with Gasteiger partial charge in [-0.25, -0.2) is 0 Å². The highest BCUT2D eigenvalue weighted by Crippen LogP contribution is 2.16. The van der Waals surface area contributed by atoms with Gasteiger partial charge in [-0.3, -0.25) is 4.79 Å². The molecule has 15 heavy (non-hydrogen) atoms. The van der Waals surface area contributed by atoms with E-state index in [1.165, 1.54) is 0 Å². The summed E-state index contributed by atoms with van der Waals surface area (Å²) < 4.78 is 5.07. The Morgan fingerprint density at radius 2 is 2.53 bits per heavy atom. The van der Waals surface area contributed by atoms with E-state index in [4.69, 9.17) is 10.3 Å². The Hall–Kier alpha value is -1.26. The molecule has 1 heterocycles. The molecule has 0 aromatic heterocycles. The van der Waals surface area contributed by atoms with E-state index >= 15 is 0 Å². The first kappa shape index (κ1) is 11.8. The van der Waals surface area contributed by atoms with E-state index < -0.39 is 0 Å². The highest BCUT2D eigenvalue weighted by atomic mass is 16.5. The minimum absolute atomic E-state index is 0.0732. The predicted molar refractivity (Wildman–Crippen MR) is 55.2 cm³/mol. The monoisotopic (exact) mass is 212 g/mol. The van der Waals surface area contributed by atoms with Crippen LogP contribution in [0.2, 0.25) is 0 Å². The molecule has 0 aromatic carbocycles. The van der Waals surface area contributed by atoms with Crippen LogP contribution in [0.5, 0.6) is 0 Å². The second kappa shape index (κ2) is 6.27. The largest absolute Gasteiger partial charge is 0.384 e. The maximum atomic E-state index is 11.5. The van der Waals surface area contributed by atoms with Crippen LogP contribution >= 0.6 is 0 Å². The van der Waals surface area contributed by atoms with Gasteiger partial charge in [-0.15, -0.1) is 0 Å². The maximum Gasteiger partial charge on any atom is 0.228 e. The number of amides is 1. The Morgan fingerprint density at radius 3 is 3.20 bits per heavy atom. The Kier molecular flexibility index (Phi) is 4.93. The lowest BCUT2D eigenvalue weighted by molar-refractivity contribution is -0.131. The van der Waals surface area contributed by atoms with Crippen molar-refractivity contribution in [3.05, 3.63) is 10.4 Å². The van der Waals surface area contributed by atoms with E-state index in [1.807, 2.05) is 0 Å². The number of nitrogens with zero attached hydrogens (tertiary/aromatic N) is 4. The molecule has 1 rings (SSSR count). The lowest BCUT2D eigenvalue weighted by Crippen LogP contribution is -2.42. The Labute approximate surface area is 88.8 Å². The maximum absolute atomic E-state index is 11.5. The molecule has 84 valence electrons. The molecule has 0 saturated carbocycles. The van der Waals surface area contributed by atoms with Crippen molar-refractivity contribution in [3.63, 3.8) is 0 Å². The Balaban J connectivity index is 2.40. The van der Waals surface area contributed by atoms with Gasteiger partial charge < -0.3 is 9.64 Å². The van der Waals surface area contributed by atoms with Crippen LogP contribution < -0.4 is 0 Å². The van der Waals surface area contributed by atoms with Gasteiger partial charge in [-0.1, -0.05) is 5.11 Å². The highest BCUT2D eigenvalue weighted by molar-refractivity contribution is 5.78. The fourth-order valence-electron chi connectivity index (χ4n) is 1.86. The van der Waals surface area contributed by atoms with Crippen molar-refractivity contribution in [2.45, 2.75) is 12.8 Å². The summed E-state index contributed by atoms with van der Waals surface area (Å²) in [6.45, 7) is 2.09. The molecule has 1 amide bonds. The number of methoxy groups -OCH3 is 1. The van der Waals surface area contributed by atoms with Gasteiger partial charge in [0, 0.05) is 25.1 Å². The van der Waals surface area contributed by atoms with Gasteiger partial charge in [0.1, 0.15) is 6.54 Å². The molecular formula is C9H16N4O2. The van der Waals surface area contributed by atoms with Gasteiger partial charge >= 0.3 is 0 Å². The lowest BCUT2D eigenvalue weighted by atomic mass is 9.99. The second-order valence-corrected chi connectivity index (χ2v) is 3.69. The smallest absolute Gasteiger partial charge is 0.228 e. The summed E-state index contributed by atoms with van der Waals surface area (Å²) in [6, 6.07) is 0. The molecule has 0 aromatic rings. The van der Waals surface area contributed by atoms with Crippen molar-refractivity contribution in [1.82, 2.24) is 4.90 Å². The van der Waals surface area contributed by atoms with Crippen molar-refractivity contribution in [2.75, 3.05) is 33.4 Å². The standard InChI is InChI=1S/C9H16N4O2/c1-15-7-8-3-2-4-13(6-8)9(14)5-11-12-10/h8H,2-7H2,1H3/t8-/m1/s1. The molecule has 0 spiro atoms. The van der Waals surface area contributed by atoms with Gasteiger partial charge in [0.05, 0.1) is 6.61 Å². The summed E-state index contributed by atoms with van der Waals surface area (Å²) >= 11 is 0. The Morgan fingerprint density at radius 1 is 1.73 bits per heavy atom. The van der Waals surface area contributed by atoms with E-state index in [0.717, 1.165) is 19.4 Å². The lowest BCUT2D eigenvalue weighted by Gasteiger charge is -2.32. The number of hydrogen-bond acceptors (Lipinski definition) is 3. The first-order valence-electron chi connectivity index (χ1n) is 5.05. The quantitative estimate of drug-likeness (QED) is 0.398. The SMILES string of the molecule is COC[C@@H]1CCCN(C(=O)CN=[N+]=[N-])C1. The number of ether oxygens (including phenoxy) is 1. The number of carbonyl (C=O) groups excluding carboxylic acids is 1. The minimum Gasteiger partial charge on any atom is -0.384 e. The third kappa shape index (κ3) is 3.77. The van der Waals surface area contributed by atoms with Gasteiger partial charge in [0.2, 0.25) is 5.91 Å². The molecule has 1 atom stereocenters. The highest BCUT2D eigenvalue weighted by Gasteiger charge is 2.22. The van der Waals surface area contributed by atoms with Crippen molar-refractivity contribution in [2.24, 2.45) is 11.0 Å². The fourth-order valence-corrected chi connectivity index (χ4v) is 1.86. The van der Waals surface area contributed by atoms with Gasteiger partial charge in [-0.05, 0) is 24.3 Å². The van der Waals surface area contributed by atoms with Gasteiger partial charge in [0.15, 0.2) is 0 Å². The number of azide groups is 1. The molecule has 0 unspecified atom stereocenters. The molecule has 1 aliphatic heterocycles. The average molecular weight is 212 g/mol. The number of likely N-dealkylation sites (tertiary alicyclic amines) is 1. The van der Waals surface area contributed by atoms with Crippen LogP contribution in [0.4, 0.5) is 0 Å². The third-order valence-electron chi connectivity index (χ3n) is 2.54. The Bertz CT molecular complexity index is 261. The van der Waals surface area contributed by atoms with Crippen LogP contribution in [0.1, 0.15) is 12.8 Å². The molecule has 1 aliphatic rings. The number of hydrogen-bond donors (Lipinski definition) is 0. The van der Waals surface area contributed by atoms with Crippen LogP contribution in [-0.2, 0) is 9.53 Å². The molecule has 6 nitrogen and oxygen atoms in total. The van der Waals surface area contributed by atoms with Crippen molar-refractivity contribution >= 4 is 5.91 Å². The molecule has 0 bridgehead atoms. The zero-order chi connectivity index (χ0) is 11.1. The van der Waals surface area contributed by atoms with Crippen molar-refractivity contribution in [1.29, 1.82) is 0 Å². The van der Waals surface area contributed by atoms with E-state index in [1.54, 1.807) is 12.0 Å². The fraction of sp³-hybridized carbons (Fsp3) is 0.889. The molecule has 0 radical (unpaired) electrons. The molecule has 0 N–H and O–H groups in total. The van der Waals surface area contributed by atoms with E-state index in [9.17, 15) is 4.79 Å². The molecule has 0 aliphatic carbocycles. The molecular weight excluding hydrogens is 196 g/mol. The summed E-state index contributed by atoms with van der Waals surface area (Å²) in [4.78, 5) is 15.9. The molecule has 1 fully saturated rings. The van der Waals surface area contributed by atoms with E-state index in [0.29, 0.717) is 19.1 Å².